The number of esters is 1. The maximum atomic E-state index is 12.3. The number of aryl methyl sites for hydroxylation is 1. The lowest BCUT2D eigenvalue weighted by molar-refractivity contribution is -0.152. The monoisotopic (exact) mass is 389 g/mol. The Bertz CT molecular complexity index is 756. The molecule has 1 aromatic rings. The van der Waals surface area contributed by atoms with Crippen molar-refractivity contribution in [1.82, 2.24) is 10.6 Å². The normalized spacial score (nSPS) is 14.8. The van der Waals surface area contributed by atoms with E-state index in [4.69, 9.17) is 4.74 Å². The molecule has 0 aliphatic heterocycles. The van der Waals surface area contributed by atoms with Gasteiger partial charge < -0.3 is 15.4 Å². The molecule has 3 N–H and O–H groups in total. The SMILES string of the molecule is CC(=O)NC(C(=O)OCC(=O)NC(=O)Nc1cccc(C)c1C)C1CCCC1. The quantitative estimate of drug-likeness (QED) is 0.646. The van der Waals surface area contributed by atoms with Crippen molar-refractivity contribution >= 4 is 29.5 Å². The molecular weight excluding hydrogens is 362 g/mol. The summed E-state index contributed by atoms with van der Waals surface area (Å²) >= 11 is 0. The summed E-state index contributed by atoms with van der Waals surface area (Å²) in [5.74, 6) is -1.73. The first-order valence-corrected chi connectivity index (χ1v) is 9.38. The maximum Gasteiger partial charge on any atom is 0.329 e. The zero-order valence-electron chi connectivity index (χ0n) is 16.5. The molecular formula is C20H27N3O5. The number of rotatable bonds is 6. The number of carbonyl (C=O) groups excluding carboxylic acids is 4. The minimum absolute atomic E-state index is 0.00653. The molecule has 1 unspecified atom stereocenters. The van der Waals surface area contributed by atoms with E-state index in [1.54, 1.807) is 12.1 Å². The second-order valence-corrected chi connectivity index (χ2v) is 7.08. The van der Waals surface area contributed by atoms with E-state index < -0.39 is 30.6 Å². The van der Waals surface area contributed by atoms with Gasteiger partial charge in [-0.1, -0.05) is 25.0 Å². The molecule has 4 amide bonds. The van der Waals surface area contributed by atoms with Crippen molar-refractivity contribution in [2.24, 2.45) is 5.92 Å². The van der Waals surface area contributed by atoms with Gasteiger partial charge in [0, 0.05) is 12.6 Å². The number of imide groups is 1. The van der Waals surface area contributed by atoms with Gasteiger partial charge >= 0.3 is 12.0 Å². The Morgan fingerprint density at radius 3 is 2.46 bits per heavy atom. The third-order valence-corrected chi connectivity index (χ3v) is 4.94. The minimum atomic E-state index is -0.767. The predicted molar refractivity (Wildman–Crippen MR) is 104 cm³/mol. The standard InChI is InChI=1S/C20H27N3O5/c1-12-7-6-10-16(13(12)2)22-20(27)23-17(25)11-28-19(26)18(21-14(3)24)15-8-4-5-9-15/h6-7,10,15,18H,4-5,8-9,11H2,1-3H3,(H,21,24)(H2,22,23,25,27). The summed E-state index contributed by atoms with van der Waals surface area (Å²) in [5.41, 5.74) is 2.49. The van der Waals surface area contributed by atoms with Crippen LogP contribution in [0, 0.1) is 19.8 Å². The van der Waals surface area contributed by atoms with Gasteiger partial charge in [0.2, 0.25) is 5.91 Å². The van der Waals surface area contributed by atoms with Crippen LogP contribution in [0.15, 0.2) is 18.2 Å². The molecule has 1 fully saturated rings. The summed E-state index contributed by atoms with van der Waals surface area (Å²) in [6.07, 6.45) is 3.63. The molecule has 0 spiro atoms. The van der Waals surface area contributed by atoms with Crippen LogP contribution in [-0.2, 0) is 19.1 Å². The highest BCUT2D eigenvalue weighted by atomic mass is 16.5. The summed E-state index contributed by atoms with van der Waals surface area (Å²) < 4.78 is 5.03. The van der Waals surface area contributed by atoms with Crippen molar-refractivity contribution in [3.05, 3.63) is 29.3 Å². The average molecular weight is 389 g/mol. The van der Waals surface area contributed by atoms with Crippen LogP contribution in [0.1, 0.15) is 43.7 Å². The molecule has 1 aliphatic carbocycles. The second-order valence-electron chi connectivity index (χ2n) is 7.08. The van der Waals surface area contributed by atoms with Crippen LogP contribution in [0.2, 0.25) is 0 Å². The zero-order valence-corrected chi connectivity index (χ0v) is 16.5. The van der Waals surface area contributed by atoms with Gasteiger partial charge in [0.25, 0.3) is 5.91 Å². The molecule has 0 aromatic heterocycles. The van der Waals surface area contributed by atoms with E-state index >= 15 is 0 Å². The molecule has 1 atom stereocenters. The van der Waals surface area contributed by atoms with Crippen molar-refractivity contribution < 1.29 is 23.9 Å². The smallest absolute Gasteiger partial charge is 0.329 e. The second kappa shape index (κ2) is 9.87. The van der Waals surface area contributed by atoms with Crippen LogP contribution in [0.5, 0.6) is 0 Å². The van der Waals surface area contributed by atoms with E-state index in [1.807, 2.05) is 19.9 Å². The third-order valence-electron chi connectivity index (χ3n) is 4.94. The fourth-order valence-corrected chi connectivity index (χ4v) is 3.31. The first-order valence-electron chi connectivity index (χ1n) is 9.38. The third kappa shape index (κ3) is 6.07. The van der Waals surface area contributed by atoms with Crippen LogP contribution >= 0.6 is 0 Å². The number of amides is 4. The molecule has 8 nitrogen and oxygen atoms in total. The number of nitrogens with one attached hydrogen (secondary N) is 3. The fourth-order valence-electron chi connectivity index (χ4n) is 3.31. The van der Waals surface area contributed by atoms with Crippen molar-refractivity contribution in [1.29, 1.82) is 0 Å². The Morgan fingerprint density at radius 1 is 1.14 bits per heavy atom. The van der Waals surface area contributed by atoms with E-state index in [-0.39, 0.29) is 11.8 Å². The minimum Gasteiger partial charge on any atom is -0.454 e. The number of benzene rings is 1. The van der Waals surface area contributed by atoms with Gasteiger partial charge in [-0.2, -0.15) is 0 Å². The molecule has 152 valence electrons. The van der Waals surface area contributed by atoms with Crippen molar-refractivity contribution in [2.45, 2.75) is 52.5 Å². The summed E-state index contributed by atoms with van der Waals surface area (Å²) in [6, 6.07) is 3.97. The largest absolute Gasteiger partial charge is 0.454 e. The lowest BCUT2D eigenvalue weighted by Crippen LogP contribution is -2.46. The predicted octanol–water partition coefficient (Wildman–Crippen LogP) is 2.19. The van der Waals surface area contributed by atoms with Gasteiger partial charge in [-0.3, -0.25) is 14.9 Å². The number of ether oxygens (including phenoxy) is 1. The molecule has 8 heteroatoms. The lowest BCUT2D eigenvalue weighted by atomic mass is 9.98. The molecule has 1 saturated carbocycles. The van der Waals surface area contributed by atoms with E-state index in [0.29, 0.717) is 5.69 Å². The van der Waals surface area contributed by atoms with Gasteiger partial charge in [0.1, 0.15) is 6.04 Å². The van der Waals surface area contributed by atoms with E-state index in [1.165, 1.54) is 6.92 Å². The van der Waals surface area contributed by atoms with Gasteiger partial charge in [-0.15, -0.1) is 0 Å². The molecule has 0 bridgehead atoms. The lowest BCUT2D eigenvalue weighted by Gasteiger charge is -2.22. The molecule has 0 heterocycles. The molecule has 0 saturated heterocycles. The first-order chi connectivity index (χ1) is 13.3. The Hall–Kier alpha value is -2.90. The fraction of sp³-hybridized carbons (Fsp3) is 0.500. The van der Waals surface area contributed by atoms with Crippen LogP contribution in [0.4, 0.5) is 10.5 Å². The highest BCUT2D eigenvalue weighted by molar-refractivity contribution is 6.02. The van der Waals surface area contributed by atoms with E-state index in [9.17, 15) is 19.2 Å². The summed E-state index contributed by atoms with van der Waals surface area (Å²) in [6.45, 7) is 4.51. The Labute approximate surface area is 164 Å². The molecule has 2 rings (SSSR count). The number of anilines is 1. The van der Waals surface area contributed by atoms with E-state index in [0.717, 1.165) is 36.8 Å². The Kier molecular flexibility index (Phi) is 7.54. The molecule has 0 radical (unpaired) electrons. The highest BCUT2D eigenvalue weighted by Crippen LogP contribution is 2.28. The van der Waals surface area contributed by atoms with Crippen molar-refractivity contribution in [2.75, 3.05) is 11.9 Å². The number of hydrogen-bond acceptors (Lipinski definition) is 5. The van der Waals surface area contributed by atoms with Crippen molar-refractivity contribution in [3.8, 4) is 0 Å². The average Bonchev–Trinajstić information content (AvgIpc) is 3.15. The molecule has 28 heavy (non-hydrogen) atoms. The maximum absolute atomic E-state index is 12.3. The number of hydrogen-bond donors (Lipinski definition) is 3. The van der Waals surface area contributed by atoms with Crippen LogP contribution in [0.25, 0.3) is 0 Å². The van der Waals surface area contributed by atoms with Gasteiger partial charge in [0.05, 0.1) is 0 Å². The Balaban J connectivity index is 1.84. The van der Waals surface area contributed by atoms with Crippen LogP contribution in [-0.4, -0.2) is 36.5 Å². The summed E-state index contributed by atoms with van der Waals surface area (Å²) in [4.78, 5) is 47.6. The topological polar surface area (TPSA) is 114 Å². The highest BCUT2D eigenvalue weighted by Gasteiger charge is 2.32. The number of carbonyl (C=O) groups is 4. The molecule has 1 aromatic carbocycles. The van der Waals surface area contributed by atoms with Crippen LogP contribution < -0.4 is 16.0 Å². The van der Waals surface area contributed by atoms with E-state index in [2.05, 4.69) is 16.0 Å². The van der Waals surface area contributed by atoms with Gasteiger partial charge in [-0.25, -0.2) is 9.59 Å². The first kappa shape index (κ1) is 21.4. The summed E-state index contributed by atoms with van der Waals surface area (Å²) in [5, 5.41) is 7.33. The zero-order chi connectivity index (χ0) is 20.7. The van der Waals surface area contributed by atoms with Gasteiger partial charge in [-0.05, 0) is 49.8 Å². The van der Waals surface area contributed by atoms with Crippen LogP contribution in [0.3, 0.4) is 0 Å². The van der Waals surface area contributed by atoms with Crippen molar-refractivity contribution in [3.63, 3.8) is 0 Å². The molecule has 1 aliphatic rings. The van der Waals surface area contributed by atoms with Gasteiger partial charge in [0.15, 0.2) is 6.61 Å². The Morgan fingerprint density at radius 2 is 1.82 bits per heavy atom. The number of urea groups is 1. The summed E-state index contributed by atoms with van der Waals surface area (Å²) in [7, 11) is 0.